The molecule has 1 aromatic rings. The molecule has 150 valence electrons. The summed E-state index contributed by atoms with van der Waals surface area (Å²) in [7, 11) is 0. The molecule has 0 fully saturated rings. The Labute approximate surface area is 174 Å². The highest BCUT2D eigenvalue weighted by Crippen LogP contribution is 2.18. The summed E-state index contributed by atoms with van der Waals surface area (Å²) in [6.45, 7) is 11.4. The highest BCUT2D eigenvalue weighted by atomic mass is 127. The van der Waals surface area contributed by atoms with Crippen LogP contribution >= 0.6 is 24.0 Å². The normalized spacial score (nSPS) is 12.5. The molecule has 0 aliphatic heterocycles. The Bertz CT molecular complexity index is 513. The van der Waals surface area contributed by atoms with Gasteiger partial charge in [0.05, 0.1) is 25.9 Å². The van der Waals surface area contributed by atoms with Crippen LogP contribution in [0.4, 0.5) is 0 Å². The van der Waals surface area contributed by atoms with Crippen LogP contribution in [0.1, 0.15) is 33.3 Å². The van der Waals surface area contributed by atoms with Crippen LogP contribution in [0, 0.1) is 5.92 Å². The molecule has 0 radical (unpaired) electrons. The van der Waals surface area contributed by atoms with Crippen LogP contribution in [0.2, 0.25) is 0 Å². The molecule has 1 atom stereocenters. The number of aliphatic hydroxyl groups excluding tert-OH is 1. The van der Waals surface area contributed by atoms with Gasteiger partial charge < -0.3 is 25.2 Å². The summed E-state index contributed by atoms with van der Waals surface area (Å²) in [5, 5.41) is 16.3. The van der Waals surface area contributed by atoms with Crippen molar-refractivity contribution < 1.29 is 14.6 Å². The standard InChI is InChI=1S/C19H33N3O3.HI/c1-5-20-19(22-12-17(23)14-24-13-15(3)4)21-11-16-9-7-8-10-18(16)25-6-2;/h7-10,15,17,23H,5-6,11-14H2,1-4H3,(H2,20,21,22);1H. The van der Waals surface area contributed by atoms with Crippen LogP contribution in [0.3, 0.4) is 0 Å². The zero-order chi connectivity index (χ0) is 18.5. The summed E-state index contributed by atoms with van der Waals surface area (Å²) in [5.41, 5.74) is 1.03. The van der Waals surface area contributed by atoms with Crippen molar-refractivity contribution in [1.29, 1.82) is 0 Å². The van der Waals surface area contributed by atoms with Gasteiger partial charge in [0.15, 0.2) is 5.96 Å². The molecule has 0 saturated heterocycles. The second-order valence-electron chi connectivity index (χ2n) is 6.20. The van der Waals surface area contributed by atoms with Gasteiger partial charge in [-0.2, -0.15) is 0 Å². The van der Waals surface area contributed by atoms with Crippen LogP contribution in [-0.4, -0.2) is 50.1 Å². The van der Waals surface area contributed by atoms with Crippen molar-refractivity contribution in [2.45, 2.75) is 40.3 Å². The van der Waals surface area contributed by atoms with E-state index >= 15 is 0 Å². The summed E-state index contributed by atoms with van der Waals surface area (Å²) in [6, 6.07) is 7.88. The smallest absolute Gasteiger partial charge is 0.191 e. The summed E-state index contributed by atoms with van der Waals surface area (Å²) >= 11 is 0. The second-order valence-corrected chi connectivity index (χ2v) is 6.20. The van der Waals surface area contributed by atoms with Gasteiger partial charge in [-0.15, -0.1) is 24.0 Å². The van der Waals surface area contributed by atoms with Crippen LogP contribution in [-0.2, 0) is 11.3 Å². The lowest BCUT2D eigenvalue weighted by Gasteiger charge is -2.16. The van der Waals surface area contributed by atoms with E-state index in [1.165, 1.54) is 0 Å². The SMILES string of the molecule is CCNC(=NCc1ccccc1OCC)NCC(O)COCC(C)C.I. The highest BCUT2D eigenvalue weighted by Gasteiger charge is 2.07. The van der Waals surface area contributed by atoms with Gasteiger partial charge in [-0.3, -0.25) is 0 Å². The minimum absolute atomic E-state index is 0. The number of guanidine groups is 1. The van der Waals surface area contributed by atoms with Crippen molar-refractivity contribution in [1.82, 2.24) is 10.6 Å². The van der Waals surface area contributed by atoms with Crippen LogP contribution in [0.15, 0.2) is 29.3 Å². The molecular formula is C19H34IN3O3. The Morgan fingerprint density at radius 1 is 1.15 bits per heavy atom. The van der Waals surface area contributed by atoms with Gasteiger partial charge >= 0.3 is 0 Å². The fourth-order valence-electron chi connectivity index (χ4n) is 2.15. The van der Waals surface area contributed by atoms with Crippen molar-refractivity contribution in [3.8, 4) is 5.75 Å². The zero-order valence-electron chi connectivity index (χ0n) is 16.3. The first-order chi connectivity index (χ1) is 12.1. The quantitative estimate of drug-likeness (QED) is 0.259. The van der Waals surface area contributed by atoms with Crippen molar-refractivity contribution in [3.63, 3.8) is 0 Å². The Morgan fingerprint density at radius 3 is 2.54 bits per heavy atom. The maximum absolute atomic E-state index is 9.99. The van der Waals surface area contributed by atoms with E-state index < -0.39 is 6.10 Å². The predicted octanol–water partition coefficient (Wildman–Crippen LogP) is 2.79. The summed E-state index contributed by atoms with van der Waals surface area (Å²) in [6.07, 6.45) is -0.571. The second kappa shape index (κ2) is 15.0. The van der Waals surface area contributed by atoms with E-state index in [1.54, 1.807) is 0 Å². The van der Waals surface area contributed by atoms with Gasteiger partial charge in [-0.1, -0.05) is 32.0 Å². The number of hydrogen-bond donors (Lipinski definition) is 3. The molecule has 0 aliphatic carbocycles. The molecule has 0 heterocycles. The van der Waals surface area contributed by atoms with E-state index in [1.807, 2.05) is 38.1 Å². The number of aliphatic hydroxyl groups is 1. The summed E-state index contributed by atoms with van der Waals surface area (Å²) < 4.78 is 11.1. The highest BCUT2D eigenvalue weighted by molar-refractivity contribution is 14.0. The average Bonchev–Trinajstić information content (AvgIpc) is 2.58. The van der Waals surface area contributed by atoms with Gasteiger partial charge in [-0.25, -0.2) is 4.99 Å². The van der Waals surface area contributed by atoms with Gasteiger partial charge in [-0.05, 0) is 25.8 Å². The first-order valence-corrected chi connectivity index (χ1v) is 9.05. The molecule has 7 heteroatoms. The predicted molar refractivity (Wildman–Crippen MR) is 118 cm³/mol. The molecule has 26 heavy (non-hydrogen) atoms. The third kappa shape index (κ3) is 10.8. The molecule has 0 saturated carbocycles. The molecule has 0 aliphatic rings. The van der Waals surface area contributed by atoms with E-state index in [4.69, 9.17) is 9.47 Å². The lowest BCUT2D eigenvalue weighted by molar-refractivity contribution is 0.0280. The number of nitrogens with zero attached hydrogens (tertiary/aromatic N) is 1. The first kappa shape index (κ1) is 24.9. The number of halogens is 1. The third-order valence-corrected chi connectivity index (χ3v) is 3.29. The van der Waals surface area contributed by atoms with E-state index in [-0.39, 0.29) is 24.0 Å². The van der Waals surface area contributed by atoms with E-state index in [0.29, 0.717) is 44.8 Å². The van der Waals surface area contributed by atoms with Gasteiger partial charge in [0.1, 0.15) is 5.75 Å². The monoisotopic (exact) mass is 479 g/mol. The number of benzene rings is 1. The summed E-state index contributed by atoms with van der Waals surface area (Å²) in [4.78, 5) is 4.57. The Morgan fingerprint density at radius 2 is 1.88 bits per heavy atom. The third-order valence-electron chi connectivity index (χ3n) is 3.29. The molecule has 1 aromatic carbocycles. The lowest BCUT2D eigenvalue weighted by Crippen LogP contribution is -2.42. The first-order valence-electron chi connectivity index (χ1n) is 9.05. The lowest BCUT2D eigenvalue weighted by atomic mass is 10.2. The number of para-hydroxylation sites is 1. The maximum atomic E-state index is 9.99. The minimum atomic E-state index is -0.571. The number of rotatable bonds is 11. The molecule has 3 N–H and O–H groups in total. The van der Waals surface area contributed by atoms with Crippen molar-refractivity contribution >= 4 is 29.9 Å². The fourth-order valence-corrected chi connectivity index (χ4v) is 2.15. The Kier molecular flexibility index (Phi) is 14.4. The zero-order valence-corrected chi connectivity index (χ0v) is 18.7. The molecule has 0 amide bonds. The number of hydrogen-bond acceptors (Lipinski definition) is 4. The number of ether oxygens (including phenoxy) is 2. The molecule has 1 unspecified atom stereocenters. The van der Waals surface area contributed by atoms with Gasteiger partial charge in [0.2, 0.25) is 0 Å². The molecule has 0 spiro atoms. The van der Waals surface area contributed by atoms with Gasteiger partial charge in [0, 0.05) is 25.3 Å². The topological polar surface area (TPSA) is 75.1 Å². The molecule has 1 rings (SSSR count). The van der Waals surface area contributed by atoms with E-state index in [2.05, 4.69) is 29.5 Å². The van der Waals surface area contributed by atoms with Crippen LogP contribution in [0.25, 0.3) is 0 Å². The molecule has 0 bridgehead atoms. The molecular weight excluding hydrogens is 445 g/mol. The Balaban J connectivity index is 0.00000625. The van der Waals surface area contributed by atoms with Crippen LogP contribution in [0.5, 0.6) is 5.75 Å². The maximum Gasteiger partial charge on any atom is 0.191 e. The largest absolute Gasteiger partial charge is 0.494 e. The van der Waals surface area contributed by atoms with E-state index in [9.17, 15) is 5.11 Å². The summed E-state index contributed by atoms with van der Waals surface area (Å²) in [5.74, 6) is 1.98. The van der Waals surface area contributed by atoms with Crippen LogP contribution < -0.4 is 15.4 Å². The average molecular weight is 479 g/mol. The molecule has 0 aromatic heterocycles. The van der Waals surface area contributed by atoms with Crippen molar-refractivity contribution in [2.24, 2.45) is 10.9 Å². The fraction of sp³-hybridized carbons (Fsp3) is 0.632. The number of aliphatic imine (C=N–C) groups is 1. The van der Waals surface area contributed by atoms with Gasteiger partial charge in [0.25, 0.3) is 0 Å². The van der Waals surface area contributed by atoms with E-state index in [0.717, 1.165) is 17.9 Å². The minimum Gasteiger partial charge on any atom is -0.494 e. The molecule has 6 nitrogen and oxygen atoms in total. The van der Waals surface area contributed by atoms with Crippen molar-refractivity contribution in [3.05, 3.63) is 29.8 Å². The Hall–Kier alpha value is -1.06. The number of nitrogens with one attached hydrogen (secondary N) is 2. The van der Waals surface area contributed by atoms with Crippen molar-refractivity contribution in [2.75, 3.05) is 32.9 Å².